The number of hydrogen-bond donors (Lipinski definition) is 1. The van der Waals surface area contributed by atoms with Gasteiger partial charge in [0.2, 0.25) is 0 Å². The summed E-state index contributed by atoms with van der Waals surface area (Å²) in [6.07, 6.45) is 0.847. The molecule has 0 fully saturated rings. The molecule has 94 valence electrons. The highest BCUT2D eigenvalue weighted by Crippen LogP contribution is 2.26. The Morgan fingerprint density at radius 2 is 2.06 bits per heavy atom. The zero-order valence-electron chi connectivity index (χ0n) is 10.3. The van der Waals surface area contributed by atoms with Crippen molar-refractivity contribution in [2.75, 3.05) is 0 Å². The van der Waals surface area contributed by atoms with E-state index in [1.807, 2.05) is 32.0 Å². The summed E-state index contributed by atoms with van der Waals surface area (Å²) in [7, 11) is 0. The second kappa shape index (κ2) is 5.04. The largest absolute Gasteiger partial charge is 0.478 e. The lowest BCUT2D eigenvalue weighted by atomic mass is 10.1. The van der Waals surface area contributed by atoms with Crippen LogP contribution in [0.4, 0.5) is 0 Å². The molecule has 0 saturated heterocycles. The maximum absolute atomic E-state index is 11.1. The minimum absolute atomic E-state index is 0.102. The van der Waals surface area contributed by atoms with E-state index in [9.17, 15) is 4.79 Å². The van der Waals surface area contributed by atoms with Gasteiger partial charge in [-0.25, -0.2) is 4.79 Å². The number of benzene rings is 1. The predicted molar refractivity (Wildman–Crippen MR) is 68.6 cm³/mol. The van der Waals surface area contributed by atoms with Gasteiger partial charge in [0.1, 0.15) is 5.75 Å². The Morgan fingerprint density at radius 3 is 2.72 bits per heavy atom. The number of fused-ring (bicyclic) bond motifs is 1. The number of rotatable bonds is 4. The van der Waals surface area contributed by atoms with E-state index in [4.69, 9.17) is 9.84 Å². The van der Waals surface area contributed by atoms with E-state index in [1.54, 1.807) is 18.3 Å². The van der Waals surface area contributed by atoms with Gasteiger partial charge in [-0.3, -0.25) is 4.98 Å². The van der Waals surface area contributed by atoms with Crippen LogP contribution in [0.2, 0.25) is 0 Å². The molecule has 2 aromatic rings. The summed E-state index contributed by atoms with van der Waals surface area (Å²) in [6.45, 7) is 3.64. The van der Waals surface area contributed by atoms with Gasteiger partial charge < -0.3 is 9.84 Å². The second-order valence-electron chi connectivity index (χ2n) is 4.45. The zero-order chi connectivity index (χ0) is 13.1. The fraction of sp³-hybridized carbons (Fsp3) is 0.286. The number of hydrogen-bond acceptors (Lipinski definition) is 3. The zero-order valence-corrected chi connectivity index (χ0v) is 10.3. The van der Waals surface area contributed by atoms with E-state index >= 15 is 0 Å². The third-order valence-corrected chi connectivity index (χ3v) is 2.71. The van der Waals surface area contributed by atoms with Crippen LogP contribution in [-0.2, 0) is 4.79 Å². The quantitative estimate of drug-likeness (QED) is 0.899. The lowest BCUT2D eigenvalue weighted by Crippen LogP contribution is -2.32. The summed E-state index contributed by atoms with van der Waals surface area (Å²) in [6, 6.07) is 9.12. The van der Waals surface area contributed by atoms with E-state index in [0.29, 0.717) is 5.75 Å². The molecule has 1 atom stereocenters. The molecule has 0 aliphatic heterocycles. The van der Waals surface area contributed by atoms with E-state index in [2.05, 4.69) is 4.98 Å². The van der Waals surface area contributed by atoms with E-state index in [0.717, 1.165) is 10.9 Å². The molecule has 2 rings (SSSR count). The van der Waals surface area contributed by atoms with Crippen LogP contribution in [-0.4, -0.2) is 22.2 Å². The molecule has 1 aromatic carbocycles. The summed E-state index contributed by atoms with van der Waals surface area (Å²) in [5.41, 5.74) is 0.794. The fourth-order valence-corrected chi connectivity index (χ4v) is 1.79. The standard InChI is InChI=1S/C14H15NO3/c1-9(2)13(14(16)17)18-12-7-3-6-11-10(12)5-4-8-15-11/h3-9,13H,1-2H3,(H,16,17). The van der Waals surface area contributed by atoms with Crippen LogP contribution in [0, 0.1) is 5.92 Å². The van der Waals surface area contributed by atoms with Crippen molar-refractivity contribution in [3.8, 4) is 5.75 Å². The molecule has 0 aliphatic rings. The average Bonchev–Trinajstić information content (AvgIpc) is 2.35. The first-order chi connectivity index (χ1) is 8.59. The third kappa shape index (κ3) is 2.42. The van der Waals surface area contributed by atoms with Gasteiger partial charge >= 0.3 is 5.97 Å². The number of pyridine rings is 1. The van der Waals surface area contributed by atoms with Crippen LogP contribution in [0.5, 0.6) is 5.75 Å². The fourth-order valence-electron chi connectivity index (χ4n) is 1.79. The van der Waals surface area contributed by atoms with Crippen molar-refractivity contribution in [2.45, 2.75) is 20.0 Å². The molecular weight excluding hydrogens is 230 g/mol. The number of aromatic nitrogens is 1. The SMILES string of the molecule is CC(C)C(Oc1cccc2ncccc12)C(=O)O. The Hall–Kier alpha value is -2.10. The van der Waals surface area contributed by atoms with Crippen molar-refractivity contribution >= 4 is 16.9 Å². The number of aliphatic carboxylic acids is 1. The van der Waals surface area contributed by atoms with Crippen molar-refractivity contribution in [2.24, 2.45) is 5.92 Å². The normalized spacial score (nSPS) is 12.6. The summed E-state index contributed by atoms with van der Waals surface area (Å²) in [4.78, 5) is 15.4. The molecule has 0 radical (unpaired) electrons. The van der Waals surface area contributed by atoms with Gasteiger partial charge in [0, 0.05) is 17.5 Å². The van der Waals surface area contributed by atoms with Crippen molar-refractivity contribution in [3.05, 3.63) is 36.5 Å². The Morgan fingerprint density at radius 1 is 1.28 bits per heavy atom. The molecule has 1 N–H and O–H groups in total. The molecule has 0 spiro atoms. The van der Waals surface area contributed by atoms with E-state index in [-0.39, 0.29) is 5.92 Å². The number of carbonyl (C=O) groups is 1. The van der Waals surface area contributed by atoms with Gasteiger partial charge in [0.05, 0.1) is 5.52 Å². The van der Waals surface area contributed by atoms with E-state index in [1.165, 1.54) is 0 Å². The monoisotopic (exact) mass is 245 g/mol. The van der Waals surface area contributed by atoms with E-state index < -0.39 is 12.1 Å². The maximum Gasteiger partial charge on any atom is 0.345 e. The molecule has 0 amide bonds. The lowest BCUT2D eigenvalue weighted by molar-refractivity contribution is -0.147. The summed E-state index contributed by atoms with van der Waals surface area (Å²) < 4.78 is 5.61. The van der Waals surface area contributed by atoms with Crippen LogP contribution in [0.1, 0.15) is 13.8 Å². The van der Waals surface area contributed by atoms with Crippen LogP contribution in [0.15, 0.2) is 36.5 Å². The van der Waals surface area contributed by atoms with Gasteiger partial charge in [-0.2, -0.15) is 0 Å². The Bertz CT molecular complexity index is 560. The van der Waals surface area contributed by atoms with Crippen LogP contribution in [0.25, 0.3) is 10.9 Å². The molecule has 0 saturated carbocycles. The van der Waals surface area contributed by atoms with Crippen LogP contribution in [0.3, 0.4) is 0 Å². The maximum atomic E-state index is 11.1. The minimum Gasteiger partial charge on any atom is -0.478 e. The molecular formula is C14H15NO3. The van der Waals surface area contributed by atoms with Gasteiger partial charge in [-0.15, -0.1) is 0 Å². The summed E-state index contributed by atoms with van der Waals surface area (Å²) in [5, 5.41) is 9.96. The Balaban J connectivity index is 2.39. The molecule has 1 aromatic heterocycles. The predicted octanol–water partition coefficient (Wildman–Crippen LogP) is 2.72. The topological polar surface area (TPSA) is 59.4 Å². The number of ether oxygens (including phenoxy) is 1. The highest BCUT2D eigenvalue weighted by molar-refractivity contribution is 5.85. The Labute approximate surface area is 105 Å². The van der Waals surface area contributed by atoms with Gasteiger partial charge in [0.15, 0.2) is 6.10 Å². The van der Waals surface area contributed by atoms with Gasteiger partial charge in [-0.05, 0) is 24.3 Å². The molecule has 4 heteroatoms. The molecule has 4 nitrogen and oxygen atoms in total. The first kappa shape index (κ1) is 12.4. The first-order valence-electron chi connectivity index (χ1n) is 5.83. The smallest absolute Gasteiger partial charge is 0.345 e. The molecule has 1 heterocycles. The lowest BCUT2D eigenvalue weighted by Gasteiger charge is -2.19. The highest BCUT2D eigenvalue weighted by Gasteiger charge is 2.24. The van der Waals surface area contributed by atoms with Crippen LogP contribution < -0.4 is 4.74 Å². The molecule has 0 aliphatic carbocycles. The summed E-state index contributed by atoms with van der Waals surface area (Å²) >= 11 is 0. The molecule has 0 bridgehead atoms. The number of carboxylic acid groups (broad SMARTS) is 1. The minimum atomic E-state index is -0.953. The van der Waals surface area contributed by atoms with Crippen molar-refractivity contribution in [3.63, 3.8) is 0 Å². The first-order valence-corrected chi connectivity index (χ1v) is 5.83. The number of nitrogens with zero attached hydrogens (tertiary/aromatic N) is 1. The second-order valence-corrected chi connectivity index (χ2v) is 4.45. The van der Waals surface area contributed by atoms with Gasteiger partial charge in [-0.1, -0.05) is 19.9 Å². The average molecular weight is 245 g/mol. The van der Waals surface area contributed by atoms with Crippen molar-refractivity contribution in [1.82, 2.24) is 4.98 Å². The Kier molecular flexibility index (Phi) is 3.46. The van der Waals surface area contributed by atoms with Crippen molar-refractivity contribution in [1.29, 1.82) is 0 Å². The van der Waals surface area contributed by atoms with Gasteiger partial charge in [0.25, 0.3) is 0 Å². The summed E-state index contributed by atoms with van der Waals surface area (Å²) in [5.74, 6) is -0.498. The van der Waals surface area contributed by atoms with Crippen LogP contribution >= 0.6 is 0 Å². The number of carboxylic acids is 1. The van der Waals surface area contributed by atoms with Crippen molar-refractivity contribution < 1.29 is 14.6 Å². The molecule has 18 heavy (non-hydrogen) atoms. The highest BCUT2D eigenvalue weighted by atomic mass is 16.5. The third-order valence-electron chi connectivity index (χ3n) is 2.71. The molecule has 1 unspecified atom stereocenters.